The summed E-state index contributed by atoms with van der Waals surface area (Å²) in [6.45, 7) is 4.49. The van der Waals surface area contributed by atoms with Crippen LogP contribution in [0.15, 0.2) is 47.1 Å². The van der Waals surface area contributed by atoms with Crippen LogP contribution in [0.5, 0.6) is 11.6 Å². The molecule has 1 N–H and O–H groups in total. The van der Waals surface area contributed by atoms with Gasteiger partial charge >= 0.3 is 0 Å². The molecule has 0 fully saturated rings. The van der Waals surface area contributed by atoms with E-state index < -0.39 is 0 Å². The molecule has 8 heteroatoms. The number of aryl methyl sites for hydroxylation is 1. The van der Waals surface area contributed by atoms with Crippen molar-refractivity contribution in [1.82, 2.24) is 20.4 Å². The fourth-order valence-electron chi connectivity index (χ4n) is 2.42. The zero-order chi connectivity index (χ0) is 19.1. The molecule has 0 saturated heterocycles. The maximum atomic E-state index is 12.6. The summed E-state index contributed by atoms with van der Waals surface area (Å²) in [6.07, 6.45) is 1.65. The highest BCUT2D eigenvalue weighted by molar-refractivity contribution is 5.96. The molecule has 2 heterocycles. The number of para-hydroxylation sites is 1. The van der Waals surface area contributed by atoms with Crippen molar-refractivity contribution in [3.05, 3.63) is 65.4 Å². The van der Waals surface area contributed by atoms with Crippen LogP contribution in [0.4, 0.5) is 0 Å². The van der Waals surface area contributed by atoms with E-state index in [-0.39, 0.29) is 12.5 Å². The molecular formula is C19H20N4O4. The molecule has 2 aromatic heterocycles. The number of aromatic nitrogens is 3. The molecule has 0 aliphatic heterocycles. The number of rotatable bonds is 8. The average Bonchev–Trinajstić information content (AvgIpc) is 3.11. The van der Waals surface area contributed by atoms with Crippen LogP contribution in [-0.2, 0) is 13.2 Å². The zero-order valence-corrected chi connectivity index (χ0v) is 15.1. The molecule has 3 aromatic rings. The van der Waals surface area contributed by atoms with Crippen molar-refractivity contribution < 1.29 is 18.8 Å². The number of carbonyl (C=O) groups excluding carboxylic acids is 1. The van der Waals surface area contributed by atoms with E-state index in [1.54, 1.807) is 43.5 Å². The van der Waals surface area contributed by atoms with E-state index in [0.717, 1.165) is 5.56 Å². The summed E-state index contributed by atoms with van der Waals surface area (Å²) >= 11 is 0. The number of benzene rings is 1. The number of pyridine rings is 1. The molecule has 0 atom stereocenters. The lowest BCUT2D eigenvalue weighted by Crippen LogP contribution is -2.24. The molecule has 27 heavy (non-hydrogen) atoms. The van der Waals surface area contributed by atoms with Gasteiger partial charge in [-0.2, -0.15) is 4.98 Å². The predicted octanol–water partition coefficient (Wildman–Crippen LogP) is 2.68. The Bertz CT molecular complexity index is 910. The van der Waals surface area contributed by atoms with Crippen molar-refractivity contribution in [2.75, 3.05) is 6.61 Å². The summed E-state index contributed by atoms with van der Waals surface area (Å²) in [4.78, 5) is 20.9. The second kappa shape index (κ2) is 8.79. The highest BCUT2D eigenvalue weighted by atomic mass is 16.5. The number of amides is 1. The number of nitrogens with one attached hydrogen (secondary N) is 1. The van der Waals surface area contributed by atoms with E-state index in [2.05, 4.69) is 20.4 Å². The summed E-state index contributed by atoms with van der Waals surface area (Å²) in [5.41, 5.74) is 1.22. The number of carbonyl (C=O) groups is 1. The summed E-state index contributed by atoms with van der Waals surface area (Å²) in [5, 5.41) is 6.64. The van der Waals surface area contributed by atoms with Crippen molar-refractivity contribution in [3.63, 3.8) is 0 Å². The highest BCUT2D eigenvalue weighted by Gasteiger charge is 2.14. The normalized spacial score (nSPS) is 10.4. The smallest absolute Gasteiger partial charge is 0.255 e. The van der Waals surface area contributed by atoms with Crippen LogP contribution in [0.2, 0.25) is 0 Å². The zero-order valence-electron chi connectivity index (χ0n) is 15.1. The Morgan fingerprint density at radius 1 is 1.19 bits per heavy atom. The van der Waals surface area contributed by atoms with Crippen molar-refractivity contribution in [1.29, 1.82) is 0 Å². The predicted molar refractivity (Wildman–Crippen MR) is 96.4 cm³/mol. The Kier molecular flexibility index (Phi) is 5.98. The van der Waals surface area contributed by atoms with Crippen LogP contribution >= 0.6 is 0 Å². The van der Waals surface area contributed by atoms with Crippen molar-refractivity contribution in [2.45, 2.75) is 27.0 Å². The number of hydrogen-bond acceptors (Lipinski definition) is 7. The van der Waals surface area contributed by atoms with Crippen LogP contribution in [-0.4, -0.2) is 27.6 Å². The van der Waals surface area contributed by atoms with Crippen molar-refractivity contribution in [2.24, 2.45) is 0 Å². The minimum absolute atomic E-state index is 0.110. The third-order valence-corrected chi connectivity index (χ3v) is 3.63. The molecule has 0 aliphatic carbocycles. The lowest BCUT2D eigenvalue weighted by Gasteiger charge is -2.12. The van der Waals surface area contributed by atoms with Gasteiger partial charge in [-0.1, -0.05) is 23.4 Å². The fraction of sp³-hybridized carbons (Fsp3) is 0.263. The third kappa shape index (κ3) is 4.81. The minimum Gasteiger partial charge on any atom is -0.485 e. The van der Waals surface area contributed by atoms with Gasteiger partial charge in [-0.3, -0.25) is 4.79 Å². The number of hydrogen-bond donors (Lipinski definition) is 1. The van der Waals surface area contributed by atoms with Gasteiger partial charge in [0.25, 0.3) is 5.91 Å². The highest BCUT2D eigenvalue weighted by Crippen LogP contribution is 2.20. The van der Waals surface area contributed by atoms with E-state index in [1.807, 2.05) is 13.0 Å². The van der Waals surface area contributed by atoms with Gasteiger partial charge in [-0.25, -0.2) is 4.98 Å². The van der Waals surface area contributed by atoms with E-state index in [1.165, 1.54) is 0 Å². The fourth-order valence-corrected chi connectivity index (χ4v) is 2.42. The summed E-state index contributed by atoms with van der Waals surface area (Å²) in [6, 6.07) is 10.6. The lowest BCUT2D eigenvalue weighted by molar-refractivity contribution is 0.0946. The van der Waals surface area contributed by atoms with Crippen LogP contribution in [0.3, 0.4) is 0 Å². The Hall–Kier alpha value is -3.42. The monoisotopic (exact) mass is 368 g/mol. The van der Waals surface area contributed by atoms with Crippen LogP contribution in [0.1, 0.15) is 34.6 Å². The van der Waals surface area contributed by atoms with Crippen molar-refractivity contribution in [3.8, 4) is 11.6 Å². The summed E-state index contributed by atoms with van der Waals surface area (Å²) in [7, 11) is 0. The Labute approximate surface area is 156 Å². The third-order valence-electron chi connectivity index (χ3n) is 3.63. The van der Waals surface area contributed by atoms with Crippen LogP contribution < -0.4 is 14.8 Å². The van der Waals surface area contributed by atoms with Gasteiger partial charge in [0.2, 0.25) is 17.6 Å². The van der Waals surface area contributed by atoms with E-state index >= 15 is 0 Å². The van der Waals surface area contributed by atoms with E-state index in [0.29, 0.717) is 42.1 Å². The topological polar surface area (TPSA) is 99.4 Å². The van der Waals surface area contributed by atoms with Gasteiger partial charge in [0.1, 0.15) is 5.75 Å². The van der Waals surface area contributed by atoms with Crippen LogP contribution in [0.25, 0.3) is 0 Å². The summed E-state index contributed by atoms with van der Waals surface area (Å²) < 4.78 is 16.1. The standard InChI is InChI=1S/C19H20N4O4/c1-3-25-19-14(7-6-10-20-19)11-21-18(24)15-8-4-5-9-16(15)26-12-17-22-13(2)27-23-17/h4-10H,3,11-12H2,1-2H3,(H,21,24). The quantitative estimate of drug-likeness (QED) is 0.652. The lowest BCUT2D eigenvalue weighted by atomic mass is 10.2. The minimum atomic E-state index is -0.263. The first-order valence-electron chi connectivity index (χ1n) is 8.53. The van der Waals surface area contributed by atoms with Gasteiger partial charge in [-0.05, 0) is 25.1 Å². The Morgan fingerprint density at radius 3 is 2.81 bits per heavy atom. The first-order valence-corrected chi connectivity index (χ1v) is 8.53. The number of ether oxygens (including phenoxy) is 2. The molecule has 3 rings (SSSR count). The van der Waals surface area contributed by atoms with Gasteiger partial charge in [0.05, 0.1) is 12.2 Å². The SMILES string of the molecule is CCOc1ncccc1CNC(=O)c1ccccc1OCc1noc(C)n1. The molecule has 0 bridgehead atoms. The molecule has 0 radical (unpaired) electrons. The molecule has 0 saturated carbocycles. The van der Waals surface area contributed by atoms with Gasteiger partial charge in [0.15, 0.2) is 6.61 Å². The van der Waals surface area contributed by atoms with E-state index in [4.69, 9.17) is 14.0 Å². The maximum absolute atomic E-state index is 12.6. The molecule has 0 aliphatic rings. The molecule has 0 unspecified atom stereocenters. The second-order valence-corrected chi connectivity index (χ2v) is 5.60. The Balaban J connectivity index is 1.66. The second-order valence-electron chi connectivity index (χ2n) is 5.60. The van der Waals surface area contributed by atoms with Gasteiger partial charge in [0, 0.05) is 25.2 Å². The Morgan fingerprint density at radius 2 is 2.04 bits per heavy atom. The first kappa shape index (κ1) is 18.4. The van der Waals surface area contributed by atoms with Gasteiger partial charge in [-0.15, -0.1) is 0 Å². The largest absolute Gasteiger partial charge is 0.485 e. The number of nitrogens with zero attached hydrogens (tertiary/aromatic N) is 3. The maximum Gasteiger partial charge on any atom is 0.255 e. The van der Waals surface area contributed by atoms with Gasteiger partial charge < -0.3 is 19.3 Å². The van der Waals surface area contributed by atoms with Crippen molar-refractivity contribution >= 4 is 5.91 Å². The molecule has 8 nitrogen and oxygen atoms in total. The first-order chi connectivity index (χ1) is 13.2. The molecular weight excluding hydrogens is 348 g/mol. The van der Waals surface area contributed by atoms with Crippen LogP contribution in [0, 0.1) is 6.92 Å². The summed E-state index contributed by atoms with van der Waals surface area (Å²) in [5.74, 6) is 1.56. The molecule has 0 spiro atoms. The molecule has 140 valence electrons. The molecule has 1 amide bonds. The average molecular weight is 368 g/mol. The van der Waals surface area contributed by atoms with E-state index in [9.17, 15) is 4.79 Å². The molecule has 1 aromatic carbocycles.